The number of carbonyl (C=O) groups is 1. The van der Waals surface area contributed by atoms with Crippen LogP contribution in [0.5, 0.6) is 11.5 Å². The van der Waals surface area contributed by atoms with Gasteiger partial charge in [0.05, 0.1) is 4.88 Å². The third kappa shape index (κ3) is 6.45. The summed E-state index contributed by atoms with van der Waals surface area (Å²) in [6.45, 7) is 3.58. The summed E-state index contributed by atoms with van der Waals surface area (Å²) in [5.74, 6) is -0.0360. The molecule has 192 valence electrons. The molecular weight excluding hydrogens is 505 g/mol. The molecule has 0 aliphatic rings. The first-order valence-corrected chi connectivity index (χ1v) is 12.0. The first kappa shape index (κ1) is 26.2. The summed E-state index contributed by atoms with van der Waals surface area (Å²) >= 11 is 1.27. The first-order chi connectivity index (χ1) is 17.5. The maximum atomic E-state index is 13.0. The Morgan fingerprint density at radius 2 is 1.73 bits per heavy atom. The second-order valence-electron chi connectivity index (χ2n) is 8.54. The van der Waals surface area contributed by atoms with Gasteiger partial charge in [-0.1, -0.05) is 30.3 Å². The molecule has 4 rings (SSSR count). The van der Waals surface area contributed by atoms with E-state index in [0.717, 1.165) is 28.3 Å². The van der Waals surface area contributed by atoms with Crippen LogP contribution in [0.3, 0.4) is 0 Å². The standard InChI is InChI=1S/C27H23F3N2O4S/c1-17-14-21(24-31-13-12-23(32-24)27(28,29)30)37-22(17)16-35-19-10-8-18(9-11-19)15-26(2,25(33)34)36-20-6-4-3-5-7-20/h3-14H,15-16H2,1-2H3,(H,33,34). The number of aryl methyl sites for hydroxylation is 1. The first-order valence-electron chi connectivity index (χ1n) is 11.2. The lowest BCUT2D eigenvalue weighted by Crippen LogP contribution is -2.43. The number of hydrogen-bond acceptors (Lipinski definition) is 6. The fraction of sp³-hybridized carbons (Fsp3) is 0.222. The number of thiophene rings is 1. The highest BCUT2D eigenvalue weighted by atomic mass is 32.1. The Bertz CT molecular complexity index is 1370. The van der Waals surface area contributed by atoms with Gasteiger partial charge in [0.15, 0.2) is 5.82 Å². The molecule has 2 aromatic heterocycles. The summed E-state index contributed by atoms with van der Waals surface area (Å²) in [5, 5.41) is 9.77. The summed E-state index contributed by atoms with van der Waals surface area (Å²) < 4.78 is 50.6. The van der Waals surface area contributed by atoms with Crippen LogP contribution in [0.4, 0.5) is 13.2 Å². The smallest absolute Gasteiger partial charge is 0.433 e. The van der Waals surface area contributed by atoms with E-state index in [1.165, 1.54) is 18.3 Å². The van der Waals surface area contributed by atoms with Crippen molar-refractivity contribution >= 4 is 17.3 Å². The maximum Gasteiger partial charge on any atom is 0.433 e. The van der Waals surface area contributed by atoms with Crippen molar-refractivity contribution < 1.29 is 32.5 Å². The van der Waals surface area contributed by atoms with Gasteiger partial charge in [-0.2, -0.15) is 13.2 Å². The van der Waals surface area contributed by atoms with Gasteiger partial charge in [0.2, 0.25) is 5.60 Å². The van der Waals surface area contributed by atoms with Crippen molar-refractivity contribution in [2.75, 3.05) is 0 Å². The number of nitrogens with zero attached hydrogens (tertiary/aromatic N) is 2. The average molecular weight is 529 g/mol. The molecule has 0 spiro atoms. The molecular formula is C27H23F3N2O4S. The van der Waals surface area contributed by atoms with Gasteiger partial charge in [0.25, 0.3) is 0 Å². The van der Waals surface area contributed by atoms with Crippen LogP contribution < -0.4 is 9.47 Å². The molecule has 0 radical (unpaired) electrons. The highest BCUT2D eigenvalue weighted by Gasteiger charge is 2.36. The fourth-order valence-corrected chi connectivity index (χ4v) is 4.58. The second-order valence-corrected chi connectivity index (χ2v) is 9.68. The van der Waals surface area contributed by atoms with Crippen LogP contribution in [-0.4, -0.2) is 26.6 Å². The quantitative estimate of drug-likeness (QED) is 0.264. The van der Waals surface area contributed by atoms with Crippen LogP contribution in [-0.2, 0) is 24.0 Å². The van der Waals surface area contributed by atoms with Crippen molar-refractivity contribution in [1.29, 1.82) is 0 Å². The van der Waals surface area contributed by atoms with Crippen molar-refractivity contribution in [3.8, 4) is 22.2 Å². The summed E-state index contributed by atoms with van der Waals surface area (Å²) in [7, 11) is 0. The van der Waals surface area contributed by atoms with E-state index in [0.29, 0.717) is 16.4 Å². The molecule has 37 heavy (non-hydrogen) atoms. The van der Waals surface area contributed by atoms with Crippen LogP contribution in [0.25, 0.3) is 10.7 Å². The summed E-state index contributed by atoms with van der Waals surface area (Å²) in [6, 6.07) is 18.4. The third-order valence-corrected chi connectivity index (χ3v) is 6.77. The highest BCUT2D eigenvalue weighted by molar-refractivity contribution is 7.15. The molecule has 0 aliphatic heterocycles. The largest absolute Gasteiger partial charge is 0.488 e. The van der Waals surface area contributed by atoms with Crippen LogP contribution in [0.2, 0.25) is 0 Å². The molecule has 2 aromatic carbocycles. The lowest BCUT2D eigenvalue weighted by Gasteiger charge is -2.26. The number of ether oxygens (including phenoxy) is 2. The van der Waals surface area contributed by atoms with Gasteiger partial charge in [-0.25, -0.2) is 14.8 Å². The Kier molecular flexibility index (Phi) is 7.49. The number of alkyl halides is 3. The number of halogens is 3. The Morgan fingerprint density at radius 3 is 2.38 bits per heavy atom. The second kappa shape index (κ2) is 10.6. The molecule has 1 N–H and O–H groups in total. The van der Waals surface area contributed by atoms with E-state index in [-0.39, 0.29) is 18.9 Å². The Balaban J connectivity index is 1.41. The van der Waals surface area contributed by atoms with Crippen LogP contribution in [0, 0.1) is 6.92 Å². The van der Waals surface area contributed by atoms with Gasteiger partial charge in [-0.15, -0.1) is 11.3 Å². The van der Waals surface area contributed by atoms with Gasteiger partial charge < -0.3 is 14.6 Å². The van der Waals surface area contributed by atoms with Crippen LogP contribution >= 0.6 is 11.3 Å². The molecule has 0 amide bonds. The van der Waals surface area contributed by atoms with E-state index in [1.807, 2.05) is 13.0 Å². The minimum Gasteiger partial charge on any atom is -0.488 e. The molecule has 1 unspecified atom stereocenters. The van der Waals surface area contributed by atoms with Crippen LogP contribution in [0.15, 0.2) is 72.9 Å². The van der Waals surface area contributed by atoms with E-state index < -0.39 is 23.4 Å². The molecule has 0 bridgehead atoms. The lowest BCUT2D eigenvalue weighted by atomic mass is 9.96. The topological polar surface area (TPSA) is 81.5 Å². The van der Waals surface area contributed by atoms with Gasteiger partial charge in [-0.05, 0) is 61.4 Å². The van der Waals surface area contributed by atoms with E-state index in [1.54, 1.807) is 54.6 Å². The minimum atomic E-state index is -4.54. The number of carboxylic acids is 1. The zero-order valence-electron chi connectivity index (χ0n) is 20.0. The van der Waals surface area contributed by atoms with Crippen molar-refractivity contribution in [2.45, 2.75) is 38.7 Å². The normalized spacial score (nSPS) is 13.1. The Labute approximate surface area is 215 Å². The predicted octanol–water partition coefficient (Wildman–Crippen LogP) is 6.58. The highest BCUT2D eigenvalue weighted by Crippen LogP contribution is 2.33. The number of carboxylic acid groups (broad SMARTS) is 1. The molecule has 1 atom stereocenters. The van der Waals surface area contributed by atoms with Crippen LogP contribution in [0.1, 0.15) is 28.6 Å². The molecule has 0 fully saturated rings. The molecule has 2 heterocycles. The Morgan fingerprint density at radius 1 is 1.03 bits per heavy atom. The van der Waals surface area contributed by atoms with Crippen molar-refractivity contribution in [1.82, 2.24) is 9.97 Å². The lowest BCUT2D eigenvalue weighted by molar-refractivity contribution is -0.153. The van der Waals surface area contributed by atoms with Crippen molar-refractivity contribution in [3.05, 3.63) is 94.6 Å². The van der Waals surface area contributed by atoms with Gasteiger partial charge in [0, 0.05) is 17.5 Å². The third-order valence-electron chi connectivity index (χ3n) is 5.56. The summed E-state index contributed by atoms with van der Waals surface area (Å²) in [5.41, 5.74) is -0.841. The monoisotopic (exact) mass is 528 g/mol. The minimum absolute atomic E-state index is 0.0118. The molecule has 10 heteroatoms. The van der Waals surface area contributed by atoms with Gasteiger partial charge in [0.1, 0.15) is 23.8 Å². The Hall–Kier alpha value is -3.92. The van der Waals surface area contributed by atoms with E-state index in [4.69, 9.17) is 9.47 Å². The molecule has 0 saturated heterocycles. The van der Waals surface area contributed by atoms with Crippen molar-refractivity contribution in [3.63, 3.8) is 0 Å². The van der Waals surface area contributed by atoms with E-state index in [2.05, 4.69) is 9.97 Å². The molecule has 0 saturated carbocycles. The SMILES string of the molecule is Cc1cc(-c2nccc(C(F)(F)F)n2)sc1COc1ccc(CC(C)(Oc2ccccc2)C(=O)O)cc1. The number of hydrogen-bond donors (Lipinski definition) is 1. The average Bonchev–Trinajstić information content (AvgIpc) is 3.24. The van der Waals surface area contributed by atoms with E-state index in [9.17, 15) is 23.1 Å². The molecule has 6 nitrogen and oxygen atoms in total. The molecule has 4 aromatic rings. The summed E-state index contributed by atoms with van der Waals surface area (Å²) in [6.07, 6.45) is -3.31. The number of para-hydroxylation sites is 1. The van der Waals surface area contributed by atoms with Gasteiger partial charge in [-0.3, -0.25) is 0 Å². The number of aromatic nitrogens is 2. The molecule has 0 aliphatic carbocycles. The predicted molar refractivity (Wildman–Crippen MR) is 133 cm³/mol. The van der Waals surface area contributed by atoms with Crippen molar-refractivity contribution in [2.24, 2.45) is 0 Å². The zero-order chi connectivity index (χ0) is 26.6. The zero-order valence-corrected chi connectivity index (χ0v) is 20.8. The maximum absolute atomic E-state index is 13.0. The fourth-order valence-electron chi connectivity index (χ4n) is 3.55. The van der Waals surface area contributed by atoms with E-state index >= 15 is 0 Å². The van der Waals surface area contributed by atoms with Gasteiger partial charge >= 0.3 is 12.1 Å². The number of benzene rings is 2. The summed E-state index contributed by atoms with van der Waals surface area (Å²) in [4.78, 5) is 20.9. The number of rotatable bonds is 9. The number of aliphatic carboxylic acids is 1.